The highest BCUT2D eigenvalue weighted by Crippen LogP contribution is 2.15. The highest BCUT2D eigenvalue weighted by atomic mass is 32.2. The van der Waals surface area contributed by atoms with Crippen molar-refractivity contribution in [1.29, 1.82) is 0 Å². The first-order valence-corrected chi connectivity index (χ1v) is 8.90. The van der Waals surface area contributed by atoms with Crippen LogP contribution in [-0.4, -0.2) is 24.2 Å². The molecular formula is C19H21NO3S. The average Bonchev–Trinajstić information content (AvgIpc) is 2.60. The molecule has 4 nitrogen and oxygen atoms in total. The first-order chi connectivity index (χ1) is 11.5. The maximum absolute atomic E-state index is 12.1. The maximum atomic E-state index is 12.1. The van der Waals surface area contributed by atoms with E-state index >= 15 is 0 Å². The molecular weight excluding hydrogens is 322 g/mol. The van der Waals surface area contributed by atoms with E-state index in [0.29, 0.717) is 12.1 Å². The van der Waals surface area contributed by atoms with Crippen LogP contribution in [0.3, 0.4) is 0 Å². The van der Waals surface area contributed by atoms with E-state index in [0.717, 1.165) is 10.5 Å². The van der Waals surface area contributed by atoms with E-state index < -0.39 is 12.1 Å². The van der Waals surface area contributed by atoms with Crippen molar-refractivity contribution in [2.75, 3.05) is 6.26 Å². The summed E-state index contributed by atoms with van der Waals surface area (Å²) in [4.78, 5) is 25.2. The van der Waals surface area contributed by atoms with Gasteiger partial charge in [-0.3, -0.25) is 4.79 Å². The van der Waals surface area contributed by atoms with Crippen molar-refractivity contribution in [3.05, 3.63) is 65.2 Å². The maximum Gasteiger partial charge on any atom is 0.338 e. The van der Waals surface area contributed by atoms with Gasteiger partial charge >= 0.3 is 5.97 Å². The number of carbonyl (C=O) groups excluding carboxylic acids is 2. The van der Waals surface area contributed by atoms with Gasteiger partial charge in [0.2, 0.25) is 0 Å². The minimum Gasteiger partial charge on any atom is -0.449 e. The van der Waals surface area contributed by atoms with Crippen molar-refractivity contribution in [2.24, 2.45) is 0 Å². The summed E-state index contributed by atoms with van der Waals surface area (Å²) in [5.41, 5.74) is 2.60. The van der Waals surface area contributed by atoms with Crippen LogP contribution in [0, 0.1) is 6.92 Å². The molecule has 5 heteroatoms. The number of hydrogen-bond acceptors (Lipinski definition) is 4. The third-order valence-electron chi connectivity index (χ3n) is 3.57. The third kappa shape index (κ3) is 5.13. The Labute approximate surface area is 146 Å². The molecule has 0 aliphatic carbocycles. The lowest BCUT2D eigenvalue weighted by Gasteiger charge is -2.14. The summed E-state index contributed by atoms with van der Waals surface area (Å²) >= 11 is 1.60. The van der Waals surface area contributed by atoms with Gasteiger partial charge in [-0.25, -0.2) is 4.79 Å². The molecule has 2 aromatic rings. The van der Waals surface area contributed by atoms with Crippen LogP contribution in [-0.2, 0) is 16.1 Å². The molecule has 0 radical (unpaired) electrons. The number of aryl methyl sites for hydroxylation is 1. The molecule has 0 aliphatic heterocycles. The summed E-state index contributed by atoms with van der Waals surface area (Å²) in [5, 5.41) is 2.77. The summed E-state index contributed by atoms with van der Waals surface area (Å²) in [6.45, 7) is 3.98. The molecule has 0 bridgehead atoms. The van der Waals surface area contributed by atoms with Crippen molar-refractivity contribution in [3.63, 3.8) is 0 Å². The van der Waals surface area contributed by atoms with Gasteiger partial charge in [0, 0.05) is 11.4 Å². The van der Waals surface area contributed by atoms with Crippen LogP contribution in [0.4, 0.5) is 0 Å². The van der Waals surface area contributed by atoms with E-state index in [9.17, 15) is 9.59 Å². The summed E-state index contributed by atoms with van der Waals surface area (Å²) in [6, 6.07) is 15.0. The Morgan fingerprint density at radius 2 is 1.71 bits per heavy atom. The smallest absolute Gasteiger partial charge is 0.338 e. The highest BCUT2D eigenvalue weighted by molar-refractivity contribution is 7.98. The van der Waals surface area contributed by atoms with Crippen molar-refractivity contribution < 1.29 is 14.3 Å². The van der Waals surface area contributed by atoms with Gasteiger partial charge in [-0.05, 0) is 49.9 Å². The minimum atomic E-state index is -0.844. The van der Waals surface area contributed by atoms with Crippen LogP contribution in [0.5, 0.6) is 0 Å². The molecule has 0 unspecified atom stereocenters. The van der Waals surface area contributed by atoms with Gasteiger partial charge in [0.25, 0.3) is 5.91 Å². The van der Waals surface area contributed by atoms with Gasteiger partial charge in [0.05, 0.1) is 5.56 Å². The average molecular weight is 343 g/mol. The first kappa shape index (κ1) is 18.1. The molecule has 2 rings (SSSR count). The van der Waals surface area contributed by atoms with Crippen LogP contribution in [0.15, 0.2) is 53.4 Å². The topological polar surface area (TPSA) is 55.4 Å². The number of thioether (sulfide) groups is 1. The molecule has 126 valence electrons. The van der Waals surface area contributed by atoms with Crippen LogP contribution >= 0.6 is 11.8 Å². The quantitative estimate of drug-likeness (QED) is 0.643. The van der Waals surface area contributed by atoms with E-state index in [4.69, 9.17) is 4.74 Å². The zero-order valence-electron chi connectivity index (χ0n) is 14.0. The van der Waals surface area contributed by atoms with Crippen LogP contribution < -0.4 is 5.32 Å². The van der Waals surface area contributed by atoms with Crippen molar-refractivity contribution >= 4 is 23.6 Å². The van der Waals surface area contributed by atoms with Crippen LogP contribution in [0.1, 0.15) is 28.4 Å². The number of rotatable bonds is 6. The van der Waals surface area contributed by atoms with Gasteiger partial charge in [0.15, 0.2) is 6.10 Å². The summed E-state index contributed by atoms with van der Waals surface area (Å²) < 4.78 is 5.22. The fourth-order valence-electron chi connectivity index (χ4n) is 2.05. The summed E-state index contributed by atoms with van der Waals surface area (Å²) in [5.74, 6) is -0.815. The fraction of sp³-hybridized carbons (Fsp3) is 0.263. The van der Waals surface area contributed by atoms with Crippen LogP contribution in [0.25, 0.3) is 0 Å². The highest BCUT2D eigenvalue weighted by Gasteiger charge is 2.18. The minimum absolute atomic E-state index is 0.315. The Bertz CT molecular complexity index is 696. The lowest BCUT2D eigenvalue weighted by molar-refractivity contribution is -0.129. The van der Waals surface area contributed by atoms with E-state index in [2.05, 4.69) is 5.32 Å². The summed E-state index contributed by atoms with van der Waals surface area (Å²) in [6.07, 6.45) is 1.12. The molecule has 0 saturated carbocycles. The van der Waals surface area contributed by atoms with Crippen molar-refractivity contribution in [1.82, 2.24) is 5.32 Å². The molecule has 0 spiro atoms. The zero-order valence-corrected chi connectivity index (χ0v) is 14.9. The van der Waals surface area contributed by atoms with Gasteiger partial charge in [-0.2, -0.15) is 0 Å². The summed E-state index contributed by atoms with van der Waals surface area (Å²) in [7, 11) is 0. The van der Waals surface area contributed by atoms with Gasteiger partial charge in [0.1, 0.15) is 0 Å². The Morgan fingerprint density at radius 1 is 1.08 bits per heavy atom. The largest absolute Gasteiger partial charge is 0.449 e. The second kappa shape index (κ2) is 8.55. The number of amides is 1. The Morgan fingerprint density at radius 3 is 2.29 bits per heavy atom. The number of ether oxygens (including phenoxy) is 1. The number of nitrogens with one attached hydrogen (secondary N) is 1. The number of carbonyl (C=O) groups is 2. The molecule has 0 fully saturated rings. The SMILES string of the molecule is CSc1ccc(C(=O)O[C@@H](C)C(=O)NCc2ccc(C)cc2)cc1. The first-order valence-electron chi connectivity index (χ1n) is 7.68. The van der Waals surface area contributed by atoms with Crippen molar-refractivity contribution in [2.45, 2.75) is 31.4 Å². The van der Waals surface area contributed by atoms with E-state index in [-0.39, 0.29) is 5.91 Å². The second-order valence-electron chi connectivity index (χ2n) is 5.48. The lowest BCUT2D eigenvalue weighted by Crippen LogP contribution is -2.35. The van der Waals surface area contributed by atoms with E-state index in [1.165, 1.54) is 5.56 Å². The molecule has 0 saturated heterocycles. The number of benzene rings is 2. The zero-order chi connectivity index (χ0) is 17.5. The second-order valence-corrected chi connectivity index (χ2v) is 6.36. The Balaban J connectivity index is 1.85. The van der Waals surface area contributed by atoms with Gasteiger partial charge in [-0.1, -0.05) is 29.8 Å². The molecule has 0 aliphatic rings. The Kier molecular flexibility index (Phi) is 6.44. The van der Waals surface area contributed by atoms with Crippen molar-refractivity contribution in [3.8, 4) is 0 Å². The molecule has 0 aromatic heterocycles. The normalized spacial score (nSPS) is 11.6. The van der Waals surface area contributed by atoms with E-state index in [1.807, 2.05) is 49.6 Å². The molecule has 24 heavy (non-hydrogen) atoms. The monoisotopic (exact) mass is 343 g/mol. The number of hydrogen-bond donors (Lipinski definition) is 1. The Hall–Kier alpha value is -2.27. The molecule has 1 amide bonds. The third-order valence-corrected chi connectivity index (χ3v) is 4.31. The number of esters is 1. The fourth-order valence-corrected chi connectivity index (χ4v) is 2.46. The van der Waals surface area contributed by atoms with Crippen LogP contribution in [0.2, 0.25) is 0 Å². The molecule has 1 atom stereocenters. The van der Waals surface area contributed by atoms with Gasteiger partial charge in [-0.15, -0.1) is 11.8 Å². The van der Waals surface area contributed by atoms with Gasteiger partial charge < -0.3 is 10.1 Å². The molecule has 1 N–H and O–H groups in total. The molecule has 2 aromatic carbocycles. The standard InChI is InChI=1S/C19H21NO3S/c1-13-4-6-15(7-5-13)12-20-18(21)14(2)23-19(22)16-8-10-17(24-3)11-9-16/h4-11,14H,12H2,1-3H3,(H,20,21)/t14-/m0/s1. The van der Waals surface area contributed by atoms with E-state index in [1.54, 1.807) is 30.8 Å². The predicted octanol–water partition coefficient (Wildman–Crippen LogP) is 3.58. The predicted molar refractivity (Wildman–Crippen MR) is 96.1 cm³/mol. The molecule has 0 heterocycles. The lowest BCUT2D eigenvalue weighted by atomic mass is 10.1.